The van der Waals surface area contributed by atoms with Crippen LogP contribution < -0.4 is 11.1 Å². The van der Waals surface area contributed by atoms with Crippen molar-refractivity contribution in [3.63, 3.8) is 0 Å². The Bertz CT molecular complexity index is 475. The van der Waals surface area contributed by atoms with Crippen LogP contribution in [0.2, 0.25) is 0 Å². The molecule has 0 radical (unpaired) electrons. The molecule has 0 fully saturated rings. The van der Waals surface area contributed by atoms with Crippen LogP contribution >= 0.6 is 0 Å². The highest BCUT2D eigenvalue weighted by Crippen LogP contribution is 2.12. The van der Waals surface area contributed by atoms with Gasteiger partial charge in [0.2, 0.25) is 5.91 Å². The molecule has 1 rings (SSSR count). The lowest BCUT2D eigenvalue weighted by Gasteiger charge is -2.19. The van der Waals surface area contributed by atoms with Crippen molar-refractivity contribution in [3.05, 3.63) is 35.4 Å². The van der Waals surface area contributed by atoms with Gasteiger partial charge in [-0.15, -0.1) is 0 Å². The summed E-state index contributed by atoms with van der Waals surface area (Å²) in [6, 6.07) is 2.31. The SMILES string of the molecule is CC(C)[C@@H](NC(=O)c1cccc(F)c1F)C(N)=O. The second-order valence-electron chi connectivity index (χ2n) is 4.20. The monoisotopic (exact) mass is 256 g/mol. The van der Waals surface area contributed by atoms with E-state index >= 15 is 0 Å². The van der Waals surface area contributed by atoms with Crippen LogP contribution in [0.25, 0.3) is 0 Å². The van der Waals surface area contributed by atoms with Crippen molar-refractivity contribution in [3.8, 4) is 0 Å². The van der Waals surface area contributed by atoms with Crippen molar-refractivity contribution in [2.45, 2.75) is 19.9 Å². The van der Waals surface area contributed by atoms with Gasteiger partial charge in [0.25, 0.3) is 5.91 Å². The Morgan fingerprint density at radius 2 is 1.89 bits per heavy atom. The number of hydrogen-bond donors (Lipinski definition) is 2. The third-order valence-electron chi connectivity index (χ3n) is 2.46. The van der Waals surface area contributed by atoms with Gasteiger partial charge in [0, 0.05) is 0 Å². The molecule has 0 saturated heterocycles. The van der Waals surface area contributed by atoms with Gasteiger partial charge in [0.05, 0.1) is 5.56 Å². The minimum absolute atomic E-state index is 0.247. The highest BCUT2D eigenvalue weighted by atomic mass is 19.2. The Labute approximate surface area is 103 Å². The Balaban J connectivity index is 2.94. The van der Waals surface area contributed by atoms with Crippen LogP contribution in [0, 0.1) is 17.6 Å². The fraction of sp³-hybridized carbons (Fsp3) is 0.333. The summed E-state index contributed by atoms with van der Waals surface area (Å²) in [5.41, 5.74) is 4.65. The van der Waals surface area contributed by atoms with E-state index in [1.54, 1.807) is 13.8 Å². The quantitative estimate of drug-likeness (QED) is 0.849. The largest absolute Gasteiger partial charge is 0.368 e. The minimum atomic E-state index is -1.25. The molecule has 98 valence electrons. The first kappa shape index (κ1) is 14.1. The molecule has 1 aromatic rings. The zero-order valence-corrected chi connectivity index (χ0v) is 10.0. The Hall–Kier alpha value is -1.98. The van der Waals surface area contributed by atoms with Gasteiger partial charge in [0.15, 0.2) is 11.6 Å². The molecule has 0 bridgehead atoms. The van der Waals surface area contributed by atoms with Crippen molar-refractivity contribution in [2.75, 3.05) is 0 Å². The molecule has 0 aromatic heterocycles. The lowest BCUT2D eigenvalue weighted by Crippen LogP contribution is -2.47. The number of halogens is 2. The second kappa shape index (κ2) is 5.57. The normalized spacial score (nSPS) is 12.3. The van der Waals surface area contributed by atoms with Crippen LogP contribution in [0.1, 0.15) is 24.2 Å². The number of hydrogen-bond acceptors (Lipinski definition) is 2. The highest BCUT2D eigenvalue weighted by Gasteiger charge is 2.24. The van der Waals surface area contributed by atoms with E-state index in [-0.39, 0.29) is 5.92 Å². The lowest BCUT2D eigenvalue weighted by molar-refractivity contribution is -0.120. The maximum absolute atomic E-state index is 13.4. The van der Waals surface area contributed by atoms with E-state index in [0.29, 0.717) is 0 Å². The molecule has 1 aromatic carbocycles. The van der Waals surface area contributed by atoms with Gasteiger partial charge in [0.1, 0.15) is 6.04 Å². The van der Waals surface area contributed by atoms with Crippen molar-refractivity contribution in [1.82, 2.24) is 5.32 Å². The third-order valence-corrected chi connectivity index (χ3v) is 2.46. The fourth-order valence-electron chi connectivity index (χ4n) is 1.46. The van der Waals surface area contributed by atoms with E-state index in [0.717, 1.165) is 12.1 Å². The number of nitrogens with one attached hydrogen (secondary N) is 1. The van der Waals surface area contributed by atoms with E-state index in [4.69, 9.17) is 5.73 Å². The molecular weight excluding hydrogens is 242 g/mol. The molecule has 0 spiro atoms. The summed E-state index contributed by atoms with van der Waals surface area (Å²) < 4.78 is 26.3. The molecular formula is C12H14F2N2O2. The maximum atomic E-state index is 13.4. The van der Waals surface area contributed by atoms with Gasteiger partial charge >= 0.3 is 0 Å². The number of amides is 2. The topological polar surface area (TPSA) is 72.2 Å². The van der Waals surface area contributed by atoms with Crippen LogP contribution in [-0.2, 0) is 4.79 Å². The minimum Gasteiger partial charge on any atom is -0.368 e. The zero-order valence-electron chi connectivity index (χ0n) is 10.0. The van der Waals surface area contributed by atoms with Crippen LogP contribution in [0.4, 0.5) is 8.78 Å². The van der Waals surface area contributed by atoms with Gasteiger partial charge in [-0.1, -0.05) is 19.9 Å². The molecule has 0 heterocycles. The molecule has 0 aliphatic rings. The fourth-order valence-corrected chi connectivity index (χ4v) is 1.46. The number of rotatable bonds is 4. The summed E-state index contributed by atoms with van der Waals surface area (Å²) in [4.78, 5) is 22.8. The molecule has 6 heteroatoms. The molecule has 1 atom stereocenters. The van der Waals surface area contributed by atoms with E-state index < -0.39 is 35.1 Å². The molecule has 0 aliphatic carbocycles. The van der Waals surface area contributed by atoms with Crippen LogP contribution in [0.15, 0.2) is 18.2 Å². The molecule has 0 aliphatic heterocycles. The first-order chi connectivity index (χ1) is 8.34. The molecule has 2 amide bonds. The van der Waals surface area contributed by atoms with Gasteiger partial charge in [-0.3, -0.25) is 9.59 Å². The van der Waals surface area contributed by atoms with Gasteiger partial charge in [-0.05, 0) is 18.1 Å². The Morgan fingerprint density at radius 3 is 2.39 bits per heavy atom. The van der Waals surface area contributed by atoms with Crippen LogP contribution in [0.5, 0.6) is 0 Å². The molecule has 3 N–H and O–H groups in total. The standard InChI is InChI=1S/C12H14F2N2O2/c1-6(2)10(11(15)17)16-12(18)7-4-3-5-8(13)9(7)14/h3-6,10H,1-2H3,(H2,15,17)(H,16,18)/t10-/m1/s1. The summed E-state index contributed by atoms with van der Waals surface area (Å²) in [5, 5.41) is 2.28. The molecule has 0 unspecified atom stereocenters. The average Bonchev–Trinajstić information content (AvgIpc) is 2.28. The number of benzene rings is 1. The van der Waals surface area contributed by atoms with Crippen molar-refractivity contribution in [1.29, 1.82) is 0 Å². The van der Waals surface area contributed by atoms with Crippen LogP contribution in [-0.4, -0.2) is 17.9 Å². The number of carbonyl (C=O) groups excluding carboxylic acids is 2. The summed E-state index contributed by atoms with van der Waals surface area (Å²) in [7, 11) is 0. The van der Waals surface area contributed by atoms with Gasteiger partial charge in [-0.25, -0.2) is 8.78 Å². The Morgan fingerprint density at radius 1 is 1.28 bits per heavy atom. The van der Waals surface area contributed by atoms with E-state index in [2.05, 4.69) is 5.32 Å². The maximum Gasteiger partial charge on any atom is 0.255 e. The number of primary amides is 1. The average molecular weight is 256 g/mol. The number of carbonyl (C=O) groups is 2. The molecule has 0 saturated carbocycles. The zero-order chi connectivity index (χ0) is 13.9. The molecule has 4 nitrogen and oxygen atoms in total. The summed E-state index contributed by atoms with van der Waals surface area (Å²) in [5.74, 6) is -4.22. The summed E-state index contributed by atoms with van der Waals surface area (Å²) >= 11 is 0. The first-order valence-electron chi connectivity index (χ1n) is 5.38. The molecule has 18 heavy (non-hydrogen) atoms. The predicted octanol–water partition coefficient (Wildman–Crippen LogP) is 1.20. The predicted molar refractivity (Wildman–Crippen MR) is 61.6 cm³/mol. The first-order valence-corrected chi connectivity index (χ1v) is 5.38. The smallest absolute Gasteiger partial charge is 0.255 e. The van der Waals surface area contributed by atoms with E-state index in [1.165, 1.54) is 6.07 Å². The van der Waals surface area contributed by atoms with Gasteiger partial charge in [-0.2, -0.15) is 0 Å². The second-order valence-corrected chi connectivity index (χ2v) is 4.20. The van der Waals surface area contributed by atoms with Crippen molar-refractivity contribution < 1.29 is 18.4 Å². The third kappa shape index (κ3) is 3.03. The number of nitrogens with two attached hydrogens (primary N) is 1. The van der Waals surface area contributed by atoms with Crippen molar-refractivity contribution in [2.24, 2.45) is 11.7 Å². The van der Waals surface area contributed by atoms with Crippen LogP contribution in [0.3, 0.4) is 0 Å². The van der Waals surface area contributed by atoms with E-state index in [9.17, 15) is 18.4 Å². The van der Waals surface area contributed by atoms with E-state index in [1.807, 2.05) is 0 Å². The van der Waals surface area contributed by atoms with Gasteiger partial charge < -0.3 is 11.1 Å². The lowest BCUT2D eigenvalue weighted by atomic mass is 10.0. The van der Waals surface area contributed by atoms with Crippen molar-refractivity contribution >= 4 is 11.8 Å². The summed E-state index contributed by atoms with van der Waals surface area (Å²) in [6.45, 7) is 3.36. The Kier molecular flexibility index (Phi) is 4.36. The highest BCUT2D eigenvalue weighted by molar-refractivity contribution is 5.97. The summed E-state index contributed by atoms with van der Waals surface area (Å²) in [6.07, 6.45) is 0.